The Morgan fingerprint density at radius 3 is 0.922 bits per heavy atom. The molecule has 0 radical (unpaired) electrons. The molecule has 0 saturated carbocycles. The Morgan fingerprint density at radius 2 is 0.629 bits per heavy atom. The van der Waals surface area contributed by atoms with Crippen LogP contribution in [0.2, 0.25) is 0 Å². The van der Waals surface area contributed by atoms with Crippen LogP contribution in [0.1, 0.15) is 119 Å². The van der Waals surface area contributed by atoms with Gasteiger partial charge in [-0.3, -0.25) is 86.4 Å². The van der Waals surface area contributed by atoms with Gasteiger partial charge in [0.1, 0.15) is 48.3 Å². The van der Waals surface area contributed by atoms with E-state index in [9.17, 15) is 38.4 Å². The van der Waals surface area contributed by atoms with Crippen molar-refractivity contribution in [3.05, 3.63) is 77.9 Å². The number of nitrogens with one attached hydrogen (secondary N) is 25. The van der Waals surface area contributed by atoms with Crippen molar-refractivity contribution in [2.75, 3.05) is 52.4 Å². The summed E-state index contributed by atoms with van der Waals surface area (Å²) >= 11 is 0. The second-order valence-corrected chi connectivity index (χ2v) is 27.0. The molecule has 47 heteroatoms. The smallest absolute Gasteiger partial charge is 0.251 e. The van der Waals surface area contributed by atoms with Gasteiger partial charge in [-0.25, -0.2) is 0 Å². The number of amides is 9. The summed E-state index contributed by atoms with van der Waals surface area (Å²) in [7, 11) is 0. The fourth-order valence-corrected chi connectivity index (χ4v) is 12.1. The lowest BCUT2D eigenvalue weighted by Crippen LogP contribution is -2.60. The second-order valence-electron chi connectivity index (χ2n) is 27.0. The van der Waals surface area contributed by atoms with Gasteiger partial charge in [0, 0.05) is 91.8 Å². The van der Waals surface area contributed by atoms with Gasteiger partial charge in [0.2, 0.25) is 53.1 Å². The van der Waals surface area contributed by atoms with Gasteiger partial charge >= 0.3 is 0 Å². The van der Waals surface area contributed by atoms with Crippen LogP contribution in [0.25, 0.3) is 33.2 Å². The molecule has 2 aromatic heterocycles. The molecule has 43 N–H and O–H groups in total. The van der Waals surface area contributed by atoms with Crippen LogP contribution in [0, 0.1) is 43.3 Å². The molecular formula is C69H112N38O9. The van der Waals surface area contributed by atoms with Gasteiger partial charge in [-0.05, 0) is 150 Å². The molecule has 632 valence electrons. The summed E-state index contributed by atoms with van der Waals surface area (Å²) in [6, 6.07) is 8.80. The number of benzene rings is 3. The summed E-state index contributed by atoms with van der Waals surface area (Å²) < 4.78 is 2.14. The zero-order chi connectivity index (χ0) is 85.2. The van der Waals surface area contributed by atoms with Gasteiger partial charge in [0.05, 0.1) is 0 Å². The number of fused-ring (bicyclic) bond motifs is 3. The number of hydrogen-bond donors (Lipinski definition) is 34. The number of guanidine groups is 8. The molecule has 2 heterocycles. The number of nitrogens with two attached hydrogens (primary N) is 9. The average molecular weight is 1620 g/mol. The fourth-order valence-electron chi connectivity index (χ4n) is 12.1. The van der Waals surface area contributed by atoms with Gasteiger partial charge < -0.3 is 141 Å². The topological polar surface area (TPSA) is 830 Å². The molecule has 0 aliphatic carbocycles. The average Bonchev–Trinajstić information content (AvgIpc) is 1.60. The highest BCUT2D eigenvalue weighted by Gasteiger charge is 2.35. The maximum atomic E-state index is 15.0. The Hall–Kier alpha value is -14.1. The highest BCUT2D eigenvalue weighted by atomic mass is 16.2. The lowest BCUT2D eigenvalue weighted by Gasteiger charge is -2.28. The van der Waals surface area contributed by atoms with Gasteiger partial charge in [0.15, 0.2) is 47.7 Å². The van der Waals surface area contributed by atoms with Crippen LogP contribution in [0.4, 0.5) is 0 Å². The van der Waals surface area contributed by atoms with Crippen molar-refractivity contribution in [1.29, 1.82) is 43.3 Å². The quantitative estimate of drug-likeness (QED) is 0.00977. The largest absolute Gasteiger partial charge is 0.370 e. The summed E-state index contributed by atoms with van der Waals surface area (Å²) in [5, 5.41) is 120. The molecule has 0 aliphatic rings. The van der Waals surface area contributed by atoms with E-state index < -0.39 is 131 Å². The Morgan fingerprint density at radius 1 is 0.345 bits per heavy atom. The number of rotatable bonds is 52. The lowest BCUT2D eigenvalue weighted by molar-refractivity contribution is -0.136. The number of nitrogens with zero attached hydrogens (tertiary/aromatic N) is 4. The van der Waals surface area contributed by atoms with Crippen molar-refractivity contribution in [3.8, 4) is 11.4 Å². The fraction of sp³-hybridized carbons (Fsp3) is 0.478. The summed E-state index contributed by atoms with van der Waals surface area (Å²) in [5.74, 6) is -10.8. The van der Waals surface area contributed by atoms with Crippen LogP contribution >= 0.6 is 0 Å². The molecule has 0 fully saturated rings. The number of carbonyl (C=O) groups is 9. The number of H-pyrrole nitrogens is 1. The molecule has 0 aliphatic heterocycles. The zero-order valence-electron chi connectivity index (χ0n) is 64.3. The lowest BCUT2D eigenvalue weighted by atomic mass is 10.0. The van der Waals surface area contributed by atoms with Gasteiger partial charge in [0.25, 0.3) is 5.91 Å². The SMILES string of the molecule is N=C(N)NCCC[C@H](NC(=O)[C@H](CCCNC(=N)N)NC(=O)[C@H](CCCNC(=N)N)NC(=O)[C@H](CCCNC(=N)N)NC(=O)[C@H](CCCNC(=N)N)NC(=O)[C@H](CCCNC(=N)N)NC(=O)[C@H](CCCNC(=N)N)NC(=O)[C@H](CCCNC(=N)N)NC(=O)c1ccc(Cn2c3ccccc3c3cc(-c4nn[nH]n4)ccc32)cc1)C(N)=O. The zero-order valence-corrected chi connectivity index (χ0v) is 64.3. The molecule has 9 amide bonds. The van der Waals surface area contributed by atoms with E-state index in [1.165, 1.54) is 0 Å². The summed E-state index contributed by atoms with van der Waals surface area (Å²) in [4.78, 5) is 130. The first-order valence-corrected chi connectivity index (χ1v) is 37.5. The van der Waals surface area contributed by atoms with E-state index >= 15 is 4.79 Å². The Balaban J connectivity index is 1.45. The Kier molecular flexibility index (Phi) is 38.8. The number of primary amides is 1. The molecule has 0 bridgehead atoms. The first kappa shape index (κ1) is 92.5. The normalized spacial score (nSPS) is 12.9. The van der Waals surface area contributed by atoms with Crippen molar-refractivity contribution in [1.82, 2.24) is 110 Å². The van der Waals surface area contributed by atoms with E-state index in [4.69, 9.17) is 94.9 Å². The minimum atomic E-state index is -1.58. The predicted molar refractivity (Wildman–Crippen MR) is 435 cm³/mol. The van der Waals surface area contributed by atoms with Crippen LogP contribution in [0.15, 0.2) is 66.7 Å². The van der Waals surface area contributed by atoms with E-state index in [-0.39, 0.29) is 179 Å². The van der Waals surface area contributed by atoms with Crippen LogP contribution in [0.5, 0.6) is 0 Å². The number of aromatic amines is 1. The van der Waals surface area contributed by atoms with E-state index in [2.05, 4.69) is 110 Å². The van der Waals surface area contributed by atoms with Crippen molar-refractivity contribution in [2.24, 2.45) is 51.6 Å². The van der Waals surface area contributed by atoms with Gasteiger partial charge in [-0.1, -0.05) is 30.3 Å². The van der Waals surface area contributed by atoms with Crippen LogP contribution in [-0.2, 0) is 44.9 Å². The molecule has 8 atom stereocenters. The molecular weight excluding hydrogens is 1510 g/mol. The number of para-hydroxylation sites is 1. The maximum absolute atomic E-state index is 15.0. The number of tetrazole rings is 1. The highest BCUT2D eigenvalue weighted by molar-refractivity contribution is 6.09. The summed E-state index contributed by atoms with van der Waals surface area (Å²) in [6.45, 7) is 0.700. The number of carbonyl (C=O) groups excluding carboxylic acids is 9. The van der Waals surface area contributed by atoms with E-state index in [0.29, 0.717) is 12.4 Å². The molecule has 5 aromatic rings. The van der Waals surface area contributed by atoms with Crippen molar-refractivity contribution in [2.45, 2.75) is 158 Å². The third kappa shape index (κ3) is 33.5. The predicted octanol–water partition coefficient (Wildman–Crippen LogP) is -6.89. The Labute approximate surface area is 667 Å². The van der Waals surface area contributed by atoms with Crippen molar-refractivity contribution < 1.29 is 43.2 Å². The standard InChI is InChI=1S/C69H112N38O9/c70-52(108)42(12-3-27-87-62(71)72)95-55(110)44(14-5-29-89-64(75)76)97-57(112)46(16-7-31-91-66(79)80)99-59(114)48(18-9-33-93-68(83)84)101-61(116)49(19-10-34-94-69(85)86)102-60(115)47(17-8-32-92-67(81)82)100-58(113)45(15-6-30-90-65(77)78)98-56(111)43(13-4-28-88-63(73)74)96-54(109)38-23-21-37(22-24-38)36-107-50-20-2-1-11-40(50)41-35-39(25-26-51(41)107)53-103-105-106-104-53/h1-2,11,20-26,35,42-49H,3-10,12-19,27-34,36H2,(H2,70,108)(H,95,110)(H,96,109)(H,97,112)(H,98,111)(H,99,114)(H,100,113)(H,101,116)(H,102,115)(H4,71,72,87)(H4,73,74,88)(H4,75,76,89)(H4,77,78,90)(H4,79,80,91)(H4,81,82,92)(H4,83,84,93)(H4,85,86,94)(H,103,104,105,106)/t42-,43-,44-,45-,46-,47-,48-,49-/m0/s1. The number of hydrogen-bond acceptors (Lipinski definition) is 20. The minimum Gasteiger partial charge on any atom is -0.370 e. The van der Waals surface area contributed by atoms with E-state index in [1.54, 1.807) is 24.3 Å². The molecule has 0 spiro atoms. The van der Waals surface area contributed by atoms with Crippen LogP contribution < -0.4 is 137 Å². The third-order valence-electron chi connectivity index (χ3n) is 17.9. The van der Waals surface area contributed by atoms with Gasteiger partial charge in [-0.15, -0.1) is 10.2 Å². The molecule has 5 rings (SSSR count). The van der Waals surface area contributed by atoms with Crippen molar-refractivity contribution >= 4 is 123 Å². The monoisotopic (exact) mass is 1620 g/mol. The first-order chi connectivity index (χ1) is 55.3. The summed E-state index contributed by atoms with van der Waals surface area (Å²) in [6.07, 6.45) is -0.476. The third-order valence-corrected chi connectivity index (χ3v) is 17.9. The van der Waals surface area contributed by atoms with Crippen molar-refractivity contribution in [3.63, 3.8) is 0 Å². The maximum Gasteiger partial charge on any atom is 0.251 e. The summed E-state index contributed by atoms with van der Waals surface area (Å²) in [5.41, 5.74) is 53.7. The second kappa shape index (κ2) is 48.6. The number of aromatic nitrogens is 5. The van der Waals surface area contributed by atoms with E-state index in [0.717, 1.165) is 32.9 Å². The van der Waals surface area contributed by atoms with Crippen LogP contribution in [-0.4, -0.2) is 227 Å². The minimum absolute atomic E-state index is 0.00639. The molecule has 47 nitrogen and oxygen atoms in total. The highest BCUT2D eigenvalue weighted by Crippen LogP contribution is 2.32. The molecule has 0 saturated heterocycles. The molecule has 0 unspecified atom stereocenters. The van der Waals surface area contributed by atoms with E-state index in [1.807, 2.05) is 42.5 Å². The molecule has 3 aromatic carbocycles. The van der Waals surface area contributed by atoms with Crippen LogP contribution in [0.3, 0.4) is 0 Å². The first-order valence-electron chi connectivity index (χ1n) is 37.5. The van der Waals surface area contributed by atoms with Gasteiger partial charge in [-0.2, -0.15) is 5.21 Å². The Bertz CT molecular complexity index is 4210. The molecule has 116 heavy (non-hydrogen) atoms.